The fraction of sp³-hybridized carbons (Fsp3) is 0.600. The van der Waals surface area contributed by atoms with Crippen molar-refractivity contribution in [3.05, 3.63) is 35.4 Å². The van der Waals surface area contributed by atoms with E-state index in [1.807, 2.05) is 0 Å². The van der Waals surface area contributed by atoms with E-state index in [1.54, 1.807) is 6.21 Å². The standard InChI is InChI=1S/C20H25F2N5O/c21-13-3-6-16(22)15(8-13)17-2-1-7-27(17)10-12-9-20(11-23-18(12)25-26-20)19(28)24-14-4-5-14/h3,6,8,11-12,14,17-18,25-26H,1-2,4-5,7,9-10H2,(H,24,28)/t12?,17-,18?,20-/m1/s1. The Morgan fingerprint density at radius 1 is 1.32 bits per heavy atom. The fourth-order valence-electron chi connectivity index (χ4n) is 4.73. The number of aliphatic imine (C=N–C) groups is 1. The SMILES string of the molecule is O=C(NC1CC1)[C@@]12C=NC(NN1)C(CN1CCC[C@@H]1c1cc(F)ccc1F)C2. The second-order valence-electron chi connectivity index (χ2n) is 8.49. The highest BCUT2D eigenvalue weighted by molar-refractivity contribution is 6.04. The van der Waals surface area contributed by atoms with Gasteiger partial charge in [-0.1, -0.05) is 0 Å². The van der Waals surface area contributed by atoms with E-state index < -0.39 is 11.4 Å². The van der Waals surface area contributed by atoms with E-state index in [0.717, 1.165) is 38.3 Å². The van der Waals surface area contributed by atoms with Gasteiger partial charge < -0.3 is 5.32 Å². The van der Waals surface area contributed by atoms with Crippen LogP contribution in [0.25, 0.3) is 0 Å². The van der Waals surface area contributed by atoms with Crippen LogP contribution in [0.1, 0.15) is 43.7 Å². The van der Waals surface area contributed by atoms with E-state index in [-0.39, 0.29) is 35.9 Å². The minimum atomic E-state index is -0.832. The number of hydrogen-bond acceptors (Lipinski definition) is 5. The normalized spacial score (nSPS) is 34.7. The molecule has 4 atom stereocenters. The van der Waals surface area contributed by atoms with Crippen LogP contribution in [0.15, 0.2) is 23.2 Å². The van der Waals surface area contributed by atoms with Crippen molar-refractivity contribution in [3.63, 3.8) is 0 Å². The number of nitrogens with one attached hydrogen (secondary N) is 3. The van der Waals surface area contributed by atoms with Gasteiger partial charge in [-0.15, -0.1) is 0 Å². The van der Waals surface area contributed by atoms with Gasteiger partial charge >= 0.3 is 0 Å². The number of fused-ring (bicyclic) bond motifs is 2. The first-order valence-corrected chi connectivity index (χ1v) is 10.1. The zero-order chi connectivity index (χ0) is 19.3. The van der Waals surface area contributed by atoms with Crippen LogP contribution >= 0.6 is 0 Å². The molecular formula is C20H25F2N5O. The van der Waals surface area contributed by atoms with Gasteiger partial charge in [0.2, 0.25) is 5.91 Å². The second-order valence-corrected chi connectivity index (χ2v) is 8.49. The number of nitrogens with zero attached hydrogens (tertiary/aromatic N) is 2. The van der Waals surface area contributed by atoms with Crippen molar-refractivity contribution >= 4 is 12.1 Å². The number of benzene rings is 1. The lowest BCUT2D eigenvalue weighted by molar-refractivity contribution is -0.128. The minimum absolute atomic E-state index is 0.0384. The Morgan fingerprint density at radius 3 is 2.93 bits per heavy atom. The molecule has 2 saturated heterocycles. The molecule has 4 heterocycles. The summed E-state index contributed by atoms with van der Waals surface area (Å²) in [7, 11) is 0. The number of rotatable bonds is 5. The third-order valence-electron chi connectivity index (χ3n) is 6.40. The average Bonchev–Trinajstić information content (AvgIpc) is 3.40. The van der Waals surface area contributed by atoms with Crippen molar-refractivity contribution in [1.29, 1.82) is 0 Å². The molecule has 28 heavy (non-hydrogen) atoms. The lowest BCUT2D eigenvalue weighted by atomic mass is 9.81. The number of likely N-dealkylation sites (tertiary alicyclic amines) is 1. The lowest BCUT2D eigenvalue weighted by Crippen LogP contribution is -2.73. The van der Waals surface area contributed by atoms with Crippen LogP contribution in [0.3, 0.4) is 0 Å². The van der Waals surface area contributed by atoms with Crippen molar-refractivity contribution in [2.24, 2.45) is 10.9 Å². The topological polar surface area (TPSA) is 68.8 Å². The van der Waals surface area contributed by atoms with E-state index in [0.29, 0.717) is 18.5 Å². The van der Waals surface area contributed by atoms with Gasteiger partial charge in [0.05, 0.1) is 0 Å². The van der Waals surface area contributed by atoms with Gasteiger partial charge in [-0.05, 0) is 56.8 Å². The summed E-state index contributed by atoms with van der Waals surface area (Å²) in [6, 6.07) is 3.83. The quantitative estimate of drug-likeness (QED) is 0.716. The Morgan fingerprint density at radius 2 is 2.18 bits per heavy atom. The van der Waals surface area contributed by atoms with Crippen LogP contribution in [0.2, 0.25) is 0 Å². The van der Waals surface area contributed by atoms with Crippen molar-refractivity contribution in [2.75, 3.05) is 13.1 Å². The van der Waals surface area contributed by atoms with E-state index in [4.69, 9.17) is 0 Å². The number of carbonyl (C=O) groups excluding carboxylic acids is 1. The summed E-state index contributed by atoms with van der Waals surface area (Å²) in [5, 5.41) is 3.06. The Kier molecular flexibility index (Phi) is 4.45. The van der Waals surface area contributed by atoms with Crippen molar-refractivity contribution in [3.8, 4) is 0 Å². The molecule has 1 aliphatic carbocycles. The summed E-state index contributed by atoms with van der Waals surface area (Å²) < 4.78 is 28.0. The van der Waals surface area contributed by atoms with Gasteiger partial charge in [0.1, 0.15) is 23.3 Å². The Balaban J connectivity index is 1.32. The Bertz CT molecular complexity index is 814. The van der Waals surface area contributed by atoms with E-state index >= 15 is 0 Å². The molecule has 150 valence electrons. The predicted octanol–water partition coefficient (Wildman–Crippen LogP) is 1.64. The first-order valence-electron chi connectivity index (χ1n) is 10.1. The Hall–Kier alpha value is -1.90. The molecular weight excluding hydrogens is 364 g/mol. The number of amides is 1. The summed E-state index contributed by atoms with van der Waals surface area (Å²) in [4.78, 5) is 19.5. The largest absolute Gasteiger partial charge is 0.351 e. The van der Waals surface area contributed by atoms with Crippen LogP contribution in [-0.4, -0.2) is 47.9 Å². The zero-order valence-corrected chi connectivity index (χ0v) is 15.6. The molecule has 1 amide bonds. The summed E-state index contributed by atoms with van der Waals surface area (Å²) in [5.74, 6) is -0.690. The summed E-state index contributed by atoms with van der Waals surface area (Å²) >= 11 is 0. The summed E-state index contributed by atoms with van der Waals surface area (Å²) in [6.07, 6.45) is 6.08. The van der Waals surface area contributed by atoms with Gasteiger partial charge in [0, 0.05) is 36.3 Å². The molecule has 1 aromatic rings. The molecule has 6 rings (SSSR count). The maximum Gasteiger partial charge on any atom is 0.247 e. The smallest absolute Gasteiger partial charge is 0.247 e. The molecule has 4 aliphatic heterocycles. The highest BCUT2D eigenvalue weighted by Gasteiger charge is 2.50. The van der Waals surface area contributed by atoms with Gasteiger partial charge in [-0.2, -0.15) is 0 Å². The molecule has 0 aromatic heterocycles. The summed E-state index contributed by atoms with van der Waals surface area (Å²) in [5.41, 5.74) is 5.90. The molecule has 5 aliphatic rings. The molecule has 3 N–H and O–H groups in total. The van der Waals surface area contributed by atoms with Gasteiger partial charge in [0.25, 0.3) is 0 Å². The molecule has 6 nitrogen and oxygen atoms in total. The fourth-order valence-corrected chi connectivity index (χ4v) is 4.73. The van der Waals surface area contributed by atoms with Crippen molar-refractivity contribution < 1.29 is 13.6 Å². The third-order valence-corrected chi connectivity index (χ3v) is 6.40. The Labute approximate surface area is 162 Å². The van der Waals surface area contributed by atoms with E-state index in [9.17, 15) is 13.6 Å². The number of hydrogen-bond donors (Lipinski definition) is 3. The maximum absolute atomic E-state index is 14.3. The number of carbonyl (C=O) groups is 1. The lowest BCUT2D eigenvalue weighted by Gasteiger charge is -2.47. The molecule has 8 heteroatoms. The highest BCUT2D eigenvalue weighted by Crippen LogP contribution is 2.37. The zero-order valence-electron chi connectivity index (χ0n) is 15.6. The van der Waals surface area contributed by atoms with Gasteiger partial charge in [0.15, 0.2) is 0 Å². The third kappa shape index (κ3) is 3.23. The molecule has 1 aromatic carbocycles. The van der Waals surface area contributed by atoms with Crippen LogP contribution in [0.4, 0.5) is 8.78 Å². The van der Waals surface area contributed by atoms with Gasteiger partial charge in [-0.3, -0.25) is 14.7 Å². The molecule has 0 spiro atoms. The molecule has 2 bridgehead atoms. The molecule has 2 unspecified atom stereocenters. The summed E-state index contributed by atoms with van der Waals surface area (Å²) in [6.45, 7) is 1.53. The first kappa shape index (κ1) is 18.1. The van der Waals surface area contributed by atoms with Crippen LogP contribution in [0.5, 0.6) is 0 Å². The second kappa shape index (κ2) is 6.86. The predicted molar refractivity (Wildman–Crippen MR) is 100 cm³/mol. The van der Waals surface area contributed by atoms with Crippen molar-refractivity contribution in [1.82, 2.24) is 21.1 Å². The van der Waals surface area contributed by atoms with Crippen LogP contribution < -0.4 is 16.2 Å². The number of halogens is 2. The number of hydrazine groups is 1. The highest BCUT2D eigenvalue weighted by atomic mass is 19.1. The average molecular weight is 389 g/mol. The minimum Gasteiger partial charge on any atom is -0.351 e. The van der Waals surface area contributed by atoms with Crippen LogP contribution in [0, 0.1) is 17.6 Å². The maximum atomic E-state index is 14.3. The van der Waals surface area contributed by atoms with Crippen molar-refractivity contribution in [2.45, 2.75) is 55.9 Å². The van der Waals surface area contributed by atoms with Crippen LogP contribution in [-0.2, 0) is 4.79 Å². The molecule has 3 fully saturated rings. The molecule has 1 saturated carbocycles. The van der Waals surface area contributed by atoms with E-state index in [2.05, 4.69) is 26.1 Å². The monoisotopic (exact) mass is 389 g/mol. The van der Waals surface area contributed by atoms with E-state index in [1.165, 1.54) is 12.1 Å². The first-order chi connectivity index (χ1) is 13.5. The van der Waals surface area contributed by atoms with Gasteiger partial charge in [-0.25, -0.2) is 19.6 Å². The molecule has 0 radical (unpaired) electrons.